The average molecular weight is 616 g/mol. The molecule has 4 heterocycles. The average Bonchev–Trinajstić information content (AvgIpc) is 3.72. The van der Waals surface area contributed by atoms with Gasteiger partial charge in [-0.05, 0) is 44.8 Å². The van der Waals surface area contributed by atoms with Gasteiger partial charge in [-0.25, -0.2) is 4.98 Å². The van der Waals surface area contributed by atoms with E-state index in [1.54, 1.807) is 29.1 Å². The number of rotatable bonds is 14. The summed E-state index contributed by atoms with van der Waals surface area (Å²) in [4.78, 5) is 38.6. The van der Waals surface area contributed by atoms with Crippen LogP contribution >= 0.6 is 11.3 Å². The second-order valence-electron chi connectivity index (χ2n) is 10.8. The minimum Gasteiger partial charge on any atom is -0.470 e. The van der Waals surface area contributed by atoms with Crippen molar-refractivity contribution in [2.75, 3.05) is 26.4 Å². The number of β-amino-alcohol motifs (C(OH)–C–C–N with tert-alkyl or cyclic N) is 1. The maximum Gasteiger partial charge on any atom is 0.254 e. The highest BCUT2D eigenvalue weighted by atomic mass is 32.1. The molecule has 1 saturated heterocycles. The first-order chi connectivity index (χ1) is 20.6. The number of nitrogens with one attached hydrogen (secondary N) is 1. The van der Waals surface area contributed by atoms with Gasteiger partial charge in [-0.1, -0.05) is 19.9 Å². The van der Waals surface area contributed by atoms with E-state index in [0.29, 0.717) is 24.7 Å². The van der Waals surface area contributed by atoms with Gasteiger partial charge < -0.3 is 34.1 Å². The van der Waals surface area contributed by atoms with E-state index in [9.17, 15) is 14.7 Å². The lowest BCUT2D eigenvalue weighted by atomic mass is 9.91. The molecular formula is C30H41N5O7S. The topological polar surface area (TPSA) is 149 Å². The number of carbonyl (C=O) groups excluding carboxylic acids is 2. The number of carbonyl (C=O) groups is 2. The first kappa shape index (κ1) is 32.5. The molecule has 0 spiro atoms. The third-order valence-electron chi connectivity index (χ3n) is 7.28. The highest BCUT2D eigenvalue weighted by Gasteiger charge is 2.43. The Morgan fingerprint density at radius 2 is 1.93 bits per heavy atom. The van der Waals surface area contributed by atoms with Crippen LogP contribution in [-0.4, -0.2) is 81.7 Å². The molecule has 1 aliphatic rings. The van der Waals surface area contributed by atoms with E-state index in [1.807, 2.05) is 53.7 Å². The molecule has 3 aromatic heterocycles. The third kappa shape index (κ3) is 7.96. The number of hydrogen-bond acceptors (Lipinski definition) is 11. The van der Waals surface area contributed by atoms with Gasteiger partial charge >= 0.3 is 0 Å². The number of aliphatic hydroxyl groups is 1. The SMILES string of the molecule is CCOC(COc1cc(C(C(=O)N2C[C@H](O)C[C@H]2C(=O)N[C@@H](C)c2ccc(-c3scnc3C)cn2)C(C)C)on1)OCC. The van der Waals surface area contributed by atoms with Gasteiger partial charge in [0.1, 0.15) is 18.6 Å². The summed E-state index contributed by atoms with van der Waals surface area (Å²) in [6, 6.07) is 4.14. The van der Waals surface area contributed by atoms with Gasteiger partial charge in [0.2, 0.25) is 11.8 Å². The van der Waals surface area contributed by atoms with Crippen LogP contribution in [0.3, 0.4) is 0 Å². The van der Waals surface area contributed by atoms with Crippen molar-refractivity contribution in [2.45, 2.75) is 78.4 Å². The molecule has 0 aromatic carbocycles. The van der Waals surface area contributed by atoms with E-state index >= 15 is 0 Å². The molecule has 4 rings (SSSR count). The van der Waals surface area contributed by atoms with Crippen molar-refractivity contribution in [3.63, 3.8) is 0 Å². The number of aromatic nitrogens is 3. The van der Waals surface area contributed by atoms with Gasteiger partial charge in [-0.15, -0.1) is 11.3 Å². The summed E-state index contributed by atoms with van der Waals surface area (Å²) in [5.41, 5.74) is 4.38. The lowest BCUT2D eigenvalue weighted by Crippen LogP contribution is -2.48. The number of aliphatic hydroxyl groups excluding tert-OH is 1. The summed E-state index contributed by atoms with van der Waals surface area (Å²) in [6.45, 7) is 12.4. The van der Waals surface area contributed by atoms with E-state index in [2.05, 4.69) is 20.4 Å². The number of nitrogens with zero attached hydrogens (tertiary/aromatic N) is 4. The van der Waals surface area contributed by atoms with Crippen LogP contribution in [0.2, 0.25) is 0 Å². The summed E-state index contributed by atoms with van der Waals surface area (Å²) in [5, 5.41) is 17.4. The van der Waals surface area contributed by atoms with Crippen LogP contribution in [0.5, 0.6) is 5.88 Å². The Morgan fingerprint density at radius 3 is 2.53 bits per heavy atom. The number of pyridine rings is 1. The summed E-state index contributed by atoms with van der Waals surface area (Å²) in [6.07, 6.45) is 0.517. The number of aryl methyl sites for hydroxylation is 1. The maximum absolute atomic E-state index is 13.9. The van der Waals surface area contributed by atoms with Crippen molar-refractivity contribution < 1.29 is 33.4 Å². The first-order valence-electron chi connectivity index (χ1n) is 14.6. The van der Waals surface area contributed by atoms with Crippen LogP contribution in [0.1, 0.15) is 70.1 Å². The minimum atomic E-state index is -0.845. The molecule has 1 fully saturated rings. The van der Waals surface area contributed by atoms with E-state index in [0.717, 1.165) is 16.1 Å². The molecule has 0 bridgehead atoms. The van der Waals surface area contributed by atoms with Gasteiger partial charge in [-0.3, -0.25) is 14.6 Å². The fourth-order valence-electron chi connectivity index (χ4n) is 5.13. The molecule has 3 aromatic rings. The molecule has 2 N–H and O–H groups in total. The summed E-state index contributed by atoms with van der Waals surface area (Å²) < 4.78 is 22.2. The Kier molecular flexibility index (Phi) is 11.2. The smallest absolute Gasteiger partial charge is 0.254 e. The van der Waals surface area contributed by atoms with Crippen LogP contribution in [0.4, 0.5) is 0 Å². The molecule has 234 valence electrons. The number of amides is 2. The first-order valence-corrected chi connectivity index (χ1v) is 15.5. The molecule has 13 heteroatoms. The summed E-state index contributed by atoms with van der Waals surface area (Å²) >= 11 is 1.55. The number of likely N-dealkylation sites (tertiary alicyclic amines) is 1. The van der Waals surface area contributed by atoms with E-state index < -0.39 is 30.4 Å². The van der Waals surface area contributed by atoms with Crippen molar-refractivity contribution in [1.29, 1.82) is 0 Å². The van der Waals surface area contributed by atoms with Crippen molar-refractivity contribution in [1.82, 2.24) is 25.3 Å². The van der Waals surface area contributed by atoms with Gasteiger partial charge in [0.15, 0.2) is 12.1 Å². The van der Waals surface area contributed by atoms with Crippen molar-refractivity contribution in [3.8, 4) is 16.3 Å². The number of hydrogen-bond donors (Lipinski definition) is 2. The normalized spacial score (nSPS) is 18.3. The van der Waals surface area contributed by atoms with Gasteiger partial charge in [0, 0.05) is 44.0 Å². The van der Waals surface area contributed by atoms with Gasteiger partial charge in [0.25, 0.3) is 5.88 Å². The number of thiazole rings is 1. The summed E-state index contributed by atoms with van der Waals surface area (Å²) in [5.74, 6) is -1.09. The molecule has 1 unspecified atom stereocenters. The summed E-state index contributed by atoms with van der Waals surface area (Å²) in [7, 11) is 0. The van der Waals surface area contributed by atoms with Crippen LogP contribution in [0, 0.1) is 12.8 Å². The number of ether oxygens (including phenoxy) is 3. The van der Waals surface area contributed by atoms with Gasteiger partial charge in [0.05, 0.1) is 33.9 Å². The molecular weight excluding hydrogens is 574 g/mol. The predicted molar refractivity (Wildman–Crippen MR) is 159 cm³/mol. The fourth-order valence-corrected chi connectivity index (χ4v) is 5.93. The highest BCUT2D eigenvalue weighted by molar-refractivity contribution is 7.13. The zero-order valence-corrected chi connectivity index (χ0v) is 26.3. The third-order valence-corrected chi connectivity index (χ3v) is 8.26. The lowest BCUT2D eigenvalue weighted by Gasteiger charge is -2.29. The monoisotopic (exact) mass is 615 g/mol. The second kappa shape index (κ2) is 14.9. The van der Waals surface area contributed by atoms with Crippen LogP contribution in [0.25, 0.3) is 10.4 Å². The van der Waals surface area contributed by atoms with Crippen LogP contribution in [0.15, 0.2) is 34.4 Å². The standard InChI is InChI=1S/C30H41N5O7S/c1-7-39-26(40-8-2)15-41-25-12-24(42-34-25)27(17(3)4)30(38)35-14-21(36)11-23(35)29(37)33-18(5)22-10-9-20(13-31-22)28-19(6)32-16-43-28/h9-10,12-13,16-18,21,23,26-27,36H,7-8,11,14-15H2,1-6H3,(H,33,37)/t18-,21+,23-,27?/m0/s1. The van der Waals surface area contributed by atoms with Crippen molar-refractivity contribution in [2.24, 2.45) is 5.92 Å². The largest absolute Gasteiger partial charge is 0.470 e. The Balaban J connectivity index is 1.43. The molecule has 0 aliphatic carbocycles. The predicted octanol–water partition coefficient (Wildman–Crippen LogP) is 3.86. The molecule has 0 radical (unpaired) electrons. The maximum atomic E-state index is 13.9. The van der Waals surface area contributed by atoms with Crippen molar-refractivity contribution in [3.05, 3.63) is 47.1 Å². The van der Waals surface area contributed by atoms with Crippen molar-refractivity contribution >= 4 is 23.2 Å². The van der Waals surface area contributed by atoms with E-state index in [-0.39, 0.29) is 43.2 Å². The van der Waals surface area contributed by atoms with E-state index in [4.69, 9.17) is 18.7 Å². The molecule has 12 nitrogen and oxygen atoms in total. The van der Waals surface area contributed by atoms with Gasteiger partial charge in [-0.2, -0.15) is 0 Å². The van der Waals surface area contributed by atoms with Crippen LogP contribution in [-0.2, 0) is 19.1 Å². The molecule has 4 atom stereocenters. The Labute approximate surface area is 255 Å². The Hall–Kier alpha value is -3.39. The Morgan fingerprint density at radius 1 is 1.19 bits per heavy atom. The molecule has 43 heavy (non-hydrogen) atoms. The highest BCUT2D eigenvalue weighted by Crippen LogP contribution is 2.33. The Bertz CT molecular complexity index is 1340. The second-order valence-corrected chi connectivity index (χ2v) is 11.7. The zero-order chi connectivity index (χ0) is 31.1. The zero-order valence-electron chi connectivity index (χ0n) is 25.5. The molecule has 1 aliphatic heterocycles. The molecule has 2 amide bonds. The quantitative estimate of drug-likeness (QED) is 0.256. The minimum absolute atomic E-state index is 0.0392. The van der Waals surface area contributed by atoms with Crippen LogP contribution < -0.4 is 10.1 Å². The lowest BCUT2D eigenvalue weighted by molar-refractivity contribution is -0.153. The molecule has 0 saturated carbocycles. The fraction of sp³-hybridized carbons (Fsp3) is 0.567. The van der Waals surface area contributed by atoms with E-state index in [1.165, 1.54) is 4.90 Å².